The molecule has 0 radical (unpaired) electrons. The number of hydrogen-bond donors (Lipinski definition) is 1. The SMILES string of the molecule is C=C(C)CN(C)c1ncccc1N. The molecule has 0 fully saturated rings. The number of likely N-dealkylation sites (N-methyl/N-ethyl adjacent to an activating group) is 1. The molecule has 3 heteroatoms. The fourth-order valence-corrected chi connectivity index (χ4v) is 1.21. The minimum atomic E-state index is 0.700. The molecule has 1 rings (SSSR count). The van der Waals surface area contributed by atoms with E-state index in [2.05, 4.69) is 11.6 Å². The number of rotatable bonds is 3. The molecule has 70 valence electrons. The first-order valence-corrected chi connectivity index (χ1v) is 4.17. The molecule has 0 bridgehead atoms. The number of nitrogen functional groups attached to an aromatic ring is 1. The Balaban J connectivity index is 2.82. The first kappa shape index (κ1) is 9.58. The molecule has 2 N–H and O–H groups in total. The van der Waals surface area contributed by atoms with Gasteiger partial charge >= 0.3 is 0 Å². The Morgan fingerprint density at radius 1 is 1.69 bits per heavy atom. The van der Waals surface area contributed by atoms with Gasteiger partial charge in [0, 0.05) is 19.8 Å². The van der Waals surface area contributed by atoms with Crippen LogP contribution in [-0.4, -0.2) is 18.6 Å². The van der Waals surface area contributed by atoms with Crippen molar-refractivity contribution >= 4 is 11.5 Å². The van der Waals surface area contributed by atoms with Crippen molar-refractivity contribution in [3.63, 3.8) is 0 Å². The second kappa shape index (κ2) is 3.94. The van der Waals surface area contributed by atoms with Crippen molar-refractivity contribution in [2.75, 3.05) is 24.2 Å². The van der Waals surface area contributed by atoms with Crippen LogP contribution in [0.15, 0.2) is 30.5 Å². The highest BCUT2D eigenvalue weighted by atomic mass is 15.2. The van der Waals surface area contributed by atoms with E-state index in [-0.39, 0.29) is 0 Å². The maximum atomic E-state index is 5.76. The highest BCUT2D eigenvalue weighted by Crippen LogP contribution is 2.17. The van der Waals surface area contributed by atoms with Crippen LogP contribution >= 0.6 is 0 Å². The van der Waals surface area contributed by atoms with Crippen LogP contribution in [0.3, 0.4) is 0 Å². The molecule has 1 aromatic heterocycles. The van der Waals surface area contributed by atoms with E-state index in [1.54, 1.807) is 6.20 Å². The van der Waals surface area contributed by atoms with E-state index in [1.807, 2.05) is 31.0 Å². The Morgan fingerprint density at radius 2 is 2.38 bits per heavy atom. The van der Waals surface area contributed by atoms with Crippen LogP contribution in [0.5, 0.6) is 0 Å². The van der Waals surface area contributed by atoms with Gasteiger partial charge in [0.15, 0.2) is 5.82 Å². The first-order valence-electron chi connectivity index (χ1n) is 4.17. The molecule has 13 heavy (non-hydrogen) atoms. The van der Waals surface area contributed by atoms with E-state index in [1.165, 1.54) is 0 Å². The van der Waals surface area contributed by atoms with Gasteiger partial charge in [-0.05, 0) is 19.1 Å². The topological polar surface area (TPSA) is 42.2 Å². The van der Waals surface area contributed by atoms with Crippen LogP contribution in [0.25, 0.3) is 0 Å². The highest BCUT2D eigenvalue weighted by Gasteiger charge is 2.04. The van der Waals surface area contributed by atoms with Crippen LogP contribution in [0.1, 0.15) is 6.92 Å². The molecule has 0 spiro atoms. The lowest BCUT2D eigenvalue weighted by molar-refractivity contribution is 0.957. The predicted octanol–water partition coefficient (Wildman–Crippen LogP) is 1.68. The zero-order chi connectivity index (χ0) is 9.84. The normalized spacial score (nSPS) is 9.69. The van der Waals surface area contributed by atoms with Gasteiger partial charge in [-0.15, -0.1) is 0 Å². The van der Waals surface area contributed by atoms with Gasteiger partial charge in [0.05, 0.1) is 5.69 Å². The maximum Gasteiger partial charge on any atom is 0.151 e. The molecule has 0 aromatic carbocycles. The van der Waals surface area contributed by atoms with Gasteiger partial charge in [0.2, 0.25) is 0 Å². The third kappa shape index (κ3) is 2.47. The van der Waals surface area contributed by atoms with Gasteiger partial charge < -0.3 is 10.6 Å². The summed E-state index contributed by atoms with van der Waals surface area (Å²) in [5, 5.41) is 0. The molecule has 0 saturated carbocycles. The molecule has 0 saturated heterocycles. The molecule has 1 aromatic rings. The van der Waals surface area contributed by atoms with Gasteiger partial charge in [-0.3, -0.25) is 0 Å². The van der Waals surface area contributed by atoms with E-state index in [0.717, 1.165) is 17.9 Å². The minimum absolute atomic E-state index is 0.700. The summed E-state index contributed by atoms with van der Waals surface area (Å²) in [6.07, 6.45) is 1.74. The lowest BCUT2D eigenvalue weighted by atomic mass is 10.3. The molecule has 1 heterocycles. The van der Waals surface area contributed by atoms with Crippen molar-refractivity contribution in [1.82, 2.24) is 4.98 Å². The third-order valence-corrected chi connectivity index (χ3v) is 1.69. The summed E-state index contributed by atoms with van der Waals surface area (Å²) in [6.45, 7) is 6.60. The number of anilines is 2. The van der Waals surface area contributed by atoms with Crippen LogP contribution in [0.2, 0.25) is 0 Å². The molecule has 0 amide bonds. The molecule has 0 atom stereocenters. The monoisotopic (exact) mass is 177 g/mol. The lowest BCUT2D eigenvalue weighted by Crippen LogP contribution is -2.21. The molecule has 0 aliphatic rings. The second-order valence-corrected chi connectivity index (χ2v) is 3.23. The minimum Gasteiger partial charge on any atom is -0.396 e. The lowest BCUT2D eigenvalue weighted by Gasteiger charge is -2.19. The van der Waals surface area contributed by atoms with Crippen LogP contribution in [0, 0.1) is 0 Å². The molecular formula is C10H15N3. The van der Waals surface area contributed by atoms with E-state index in [0.29, 0.717) is 5.69 Å². The predicted molar refractivity (Wildman–Crippen MR) is 56.7 cm³/mol. The van der Waals surface area contributed by atoms with Crippen LogP contribution < -0.4 is 10.6 Å². The largest absolute Gasteiger partial charge is 0.396 e. The quantitative estimate of drug-likeness (QED) is 0.714. The second-order valence-electron chi connectivity index (χ2n) is 3.23. The average molecular weight is 177 g/mol. The fraction of sp³-hybridized carbons (Fsp3) is 0.300. The number of nitrogens with two attached hydrogens (primary N) is 1. The molecular weight excluding hydrogens is 162 g/mol. The summed E-state index contributed by atoms with van der Waals surface area (Å²) in [7, 11) is 1.95. The van der Waals surface area contributed by atoms with Gasteiger partial charge in [-0.2, -0.15) is 0 Å². The van der Waals surface area contributed by atoms with Gasteiger partial charge in [0.25, 0.3) is 0 Å². The van der Waals surface area contributed by atoms with Crippen LogP contribution in [-0.2, 0) is 0 Å². The summed E-state index contributed by atoms with van der Waals surface area (Å²) in [5.74, 6) is 0.811. The number of nitrogens with zero attached hydrogens (tertiary/aromatic N) is 2. The molecule has 0 aliphatic heterocycles. The first-order chi connectivity index (χ1) is 6.11. The van der Waals surface area contributed by atoms with Crippen molar-refractivity contribution in [2.45, 2.75) is 6.92 Å². The van der Waals surface area contributed by atoms with E-state index >= 15 is 0 Å². The summed E-state index contributed by atoms with van der Waals surface area (Å²) in [6, 6.07) is 3.67. The van der Waals surface area contributed by atoms with Crippen LogP contribution in [0.4, 0.5) is 11.5 Å². The Morgan fingerprint density at radius 3 is 2.92 bits per heavy atom. The molecule has 0 unspecified atom stereocenters. The zero-order valence-corrected chi connectivity index (χ0v) is 8.12. The standard InChI is InChI=1S/C10H15N3/c1-8(2)7-13(3)10-9(11)5-4-6-12-10/h4-6H,1,7,11H2,2-3H3. The van der Waals surface area contributed by atoms with Gasteiger partial charge in [0.1, 0.15) is 0 Å². The fourth-order valence-electron chi connectivity index (χ4n) is 1.21. The maximum absolute atomic E-state index is 5.76. The third-order valence-electron chi connectivity index (χ3n) is 1.69. The molecule has 3 nitrogen and oxygen atoms in total. The zero-order valence-electron chi connectivity index (χ0n) is 8.12. The van der Waals surface area contributed by atoms with Crippen molar-refractivity contribution in [3.05, 3.63) is 30.5 Å². The van der Waals surface area contributed by atoms with Crippen molar-refractivity contribution < 1.29 is 0 Å². The van der Waals surface area contributed by atoms with Crippen molar-refractivity contribution in [3.8, 4) is 0 Å². The van der Waals surface area contributed by atoms with E-state index in [4.69, 9.17) is 5.73 Å². The summed E-state index contributed by atoms with van der Waals surface area (Å²) >= 11 is 0. The average Bonchev–Trinajstić information content (AvgIpc) is 2.03. The Bertz CT molecular complexity index is 307. The summed E-state index contributed by atoms with van der Waals surface area (Å²) < 4.78 is 0. The Kier molecular flexibility index (Phi) is 2.90. The summed E-state index contributed by atoms with van der Waals surface area (Å²) in [5.41, 5.74) is 7.55. The highest BCUT2D eigenvalue weighted by molar-refractivity contribution is 5.62. The smallest absolute Gasteiger partial charge is 0.151 e. The Hall–Kier alpha value is -1.51. The number of aromatic nitrogens is 1. The number of hydrogen-bond acceptors (Lipinski definition) is 3. The molecule has 0 aliphatic carbocycles. The van der Waals surface area contributed by atoms with E-state index < -0.39 is 0 Å². The number of pyridine rings is 1. The van der Waals surface area contributed by atoms with E-state index in [9.17, 15) is 0 Å². The van der Waals surface area contributed by atoms with Crippen molar-refractivity contribution in [2.24, 2.45) is 0 Å². The van der Waals surface area contributed by atoms with Crippen molar-refractivity contribution in [1.29, 1.82) is 0 Å². The van der Waals surface area contributed by atoms with Gasteiger partial charge in [-0.1, -0.05) is 12.2 Å². The summed E-state index contributed by atoms with van der Waals surface area (Å²) in [4.78, 5) is 6.17. The Labute approximate surface area is 78.9 Å². The van der Waals surface area contributed by atoms with Gasteiger partial charge in [-0.25, -0.2) is 4.98 Å².